The molecule has 1 aromatic heterocycles. The SMILES string of the molecule is N#CC1(c2cn(-c3ccccc3)nn2)CC(=O)C1. The van der Waals surface area contributed by atoms with Crippen LogP contribution in [0.5, 0.6) is 0 Å². The van der Waals surface area contributed by atoms with Crippen LogP contribution in [0, 0.1) is 11.3 Å². The number of hydrogen-bond donors (Lipinski definition) is 0. The Balaban J connectivity index is 1.96. The van der Waals surface area contributed by atoms with Gasteiger partial charge in [-0.25, -0.2) is 4.68 Å². The van der Waals surface area contributed by atoms with Gasteiger partial charge >= 0.3 is 0 Å². The van der Waals surface area contributed by atoms with Gasteiger partial charge in [-0.05, 0) is 12.1 Å². The molecule has 0 radical (unpaired) electrons. The van der Waals surface area contributed by atoms with Crippen LogP contribution in [0.1, 0.15) is 18.5 Å². The molecule has 0 saturated heterocycles. The number of aromatic nitrogens is 3. The topological polar surface area (TPSA) is 71.6 Å². The van der Waals surface area contributed by atoms with E-state index in [-0.39, 0.29) is 18.6 Å². The Bertz CT molecular complexity index is 631. The molecule has 5 heteroatoms. The van der Waals surface area contributed by atoms with Crippen molar-refractivity contribution in [1.82, 2.24) is 15.0 Å². The monoisotopic (exact) mass is 238 g/mol. The molecule has 0 N–H and O–H groups in total. The van der Waals surface area contributed by atoms with Crippen molar-refractivity contribution in [2.24, 2.45) is 0 Å². The van der Waals surface area contributed by atoms with E-state index in [9.17, 15) is 10.1 Å². The van der Waals surface area contributed by atoms with Crippen LogP contribution in [0.2, 0.25) is 0 Å². The summed E-state index contributed by atoms with van der Waals surface area (Å²) in [6.45, 7) is 0. The standard InChI is InChI=1S/C13H10N4O/c14-9-13(6-11(18)7-13)12-8-17(16-15-12)10-4-2-1-3-5-10/h1-5,8H,6-7H2. The highest BCUT2D eigenvalue weighted by Crippen LogP contribution is 2.39. The number of para-hydroxylation sites is 1. The van der Waals surface area contributed by atoms with Gasteiger partial charge in [0.25, 0.3) is 0 Å². The van der Waals surface area contributed by atoms with E-state index in [1.54, 1.807) is 10.9 Å². The number of Topliss-reactive ketones (excluding diaryl/α,β-unsaturated/α-hetero) is 1. The van der Waals surface area contributed by atoms with Crippen molar-refractivity contribution in [2.75, 3.05) is 0 Å². The molecule has 0 bridgehead atoms. The van der Waals surface area contributed by atoms with E-state index in [4.69, 9.17) is 0 Å². The molecule has 5 nitrogen and oxygen atoms in total. The zero-order valence-electron chi connectivity index (χ0n) is 9.58. The first-order valence-electron chi connectivity index (χ1n) is 5.65. The lowest BCUT2D eigenvalue weighted by Crippen LogP contribution is -2.40. The highest BCUT2D eigenvalue weighted by Gasteiger charge is 2.47. The molecule has 88 valence electrons. The maximum atomic E-state index is 11.1. The Morgan fingerprint density at radius 3 is 2.61 bits per heavy atom. The van der Waals surface area contributed by atoms with Crippen LogP contribution >= 0.6 is 0 Å². The molecule has 1 aliphatic rings. The largest absolute Gasteiger partial charge is 0.300 e. The zero-order valence-corrected chi connectivity index (χ0v) is 9.58. The van der Waals surface area contributed by atoms with Crippen molar-refractivity contribution in [3.63, 3.8) is 0 Å². The first-order valence-corrected chi connectivity index (χ1v) is 5.65. The van der Waals surface area contributed by atoms with E-state index < -0.39 is 5.41 Å². The quantitative estimate of drug-likeness (QED) is 0.792. The van der Waals surface area contributed by atoms with Gasteiger partial charge in [-0.3, -0.25) is 4.79 Å². The van der Waals surface area contributed by atoms with Gasteiger partial charge in [0.05, 0.1) is 18.0 Å². The van der Waals surface area contributed by atoms with Crippen LogP contribution in [-0.2, 0) is 10.2 Å². The van der Waals surface area contributed by atoms with Crippen molar-refractivity contribution in [1.29, 1.82) is 5.26 Å². The van der Waals surface area contributed by atoms with Crippen LogP contribution in [0.25, 0.3) is 5.69 Å². The highest BCUT2D eigenvalue weighted by molar-refractivity contribution is 5.89. The third-order valence-electron chi connectivity index (χ3n) is 3.22. The Morgan fingerprint density at radius 1 is 1.28 bits per heavy atom. The van der Waals surface area contributed by atoms with Crippen LogP contribution in [-0.4, -0.2) is 20.8 Å². The third kappa shape index (κ3) is 1.51. The Morgan fingerprint density at radius 2 is 2.00 bits per heavy atom. The fourth-order valence-corrected chi connectivity index (χ4v) is 2.13. The van der Waals surface area contributed by atoms with Gasteiger partial charge in [0.15, 0.2) is 0 Å². The van der Waals surface area contributed by atoms with E-state index >= 15 is 0 Å². The van der Waals surface area contributed by atoms with Gasteiger partial charge in [0.2, 0.25) is 0 Å². The number of rotatable bonds is 2. The number of hydrogen-bond acceptors (Lipinski definition) is 4. The van der Waals surface area contributed by atoms with E-state index in [1.165, 1.54) is 0 Å². The molecule has 1 aromatic carbocycles. The second-order valence-corrected chi connectivity index (χ2v) is 4.47. The number of ketones is 1. The van der Waals surface area contributed by atoms with Crippen molar-refractivity contribution in [3.05, 3.63) is 42.2 Å². The summed E-state index contributed by atoms with van der Waals surface area (Å²) in [7, 11) is 0. The zero-order chi connectivity index (χ0) is 12.6. The molecular formula is C13H10N4O. The minimum atomic E-state index is -0.760. The Kier molecular flexibility index (Phi) is 2.23. The van der Waals surface area contributed by atoms with Gasteiger partial charge < -0.3 is 0 Å². The molecule has 3 rings (SSSR count). The van der Waals surface area contributed by atoms with Crippen molar-refractivity contribution >= 4 is 5.78 Å². The van der Waals surface area contributed by atoms with Gasteiger partial charge in [-0.2, -0.15) is 5.26 Å². The predicted octanol–water partition coefficient (Wildman–Crippen LogP) is 1.39. The summed E-state index contributed by atoms with van der Waals surface area (Å²) in [6, 6.07) is 11.7. The Hall–Kier alpha value is -2.48. The number of benzene rings is 1. The van der Waals surface area contributed by atoms with Crippen LogP contribution in [0.4, 0.5) is 0 Å². The minimum Gasteiger partial charge on any atom is -0.300 e. The minimum absolute atomic E-state index is 0.103. The van der Waals surface area contributed by atoms with Crippen molar-refractivity contribution < 1.29 is 4.79 Å². The summed E-state index contributed by atoms with van der Waals surface area (Å²) in [6.07, 6.45) is 2.22. The van der Waals surface area contributed by atoms with E-state index in [0.717, 1.165) is 5.69 Å². The highest BCUT2D eigenvalue weighted by atomic mass is 16.1. The lowest BCUT2D eigenvalue weighted by molar-refractivity contribution is -0.126. The predicted molar refractivity (Wildman–Crippen MR) is 62.9 cm³/mol. The second-order valence-electron chi connectivity index (χ2n) is 4.47. The van der Waals surface area contributed by atoms with Gasteiger partial charge in [0.1, 0.15) is 16.9 Å². The molecule has 0 unspecified atom stereocenters. The summed E-state index contributed by atoms with van der Waals surface area (Å²) in [4.78, 5) is 11.1. The van der Waals surface area contributed by atoms with Crippen LogP contribution in [0.15, 0.2) is 36.5 Å². The summed E-state index contributed by atoms with van der Waals surface area (Å²) >= 11 is 0. The number of nitriles is 1. The number of carbonyl (C=O) groups excluding carboxylic acids is 1. The fourth-order valence-electron chi connectivity index (χ4n) is 2.13. The van der Waals surface area contributed by atoms with Crippen LogP contribution in [0.3, 0.4) is 0 Å². The maximum absolute atomic E-state index is 11.1. The average Bonchev–Trinajstić information content (AvgIpc) is 2.85. The lowest BCUT2D eigenvalue weighted by Gasteiger charge is -2.31. The van der Waals surface area contributed by atoms with E-state index in [2.05, 4.69) is 16.4 Å². The molecule has 18 heavy (non-hydrogen) atoms. The molecule has 1 fully saturated rings. The first-order chi connectivity index (χ1) is 8.73. The summed E-state index contributed by atoms with van der Waals surface area (Å²) in [5, 5.41) is 17.3. The molecule has 1 heterocycles. The third-order valence-corrected chi connectivity index (χ3v) is 3.22. The number of nitrogens with zero attached hydrogens (tertiary/aromatic N) is 4. The summed E-state index contributed by atoms with van der Waals surface area (Å²) < 4.78 is 1.62. The maximum Gasteiger partial charge on any atom is 0.136 e. The average molecular weight is 238 g/mol. The summed E-state index contributed by atoms with van der Waals surface area (Å²) in [5.41, 5.74) is 0.702. The molecule has 0 amide bonds. The molecule has 0 aliphatic heterocycles. The van der Waals surface area contributed by atoms with E-state index in [1.807, 2.05) is 30.3 Å². The molecule has 1 saturated carbocycles. The van der Waals surface area contributed by atoms with Gasteiger partial charge in [-0.15, -0.1) is 5.10 Å². The van der Waals surface area contributed by atoms with Gasteiger partial charge in [0, 0.05) is 12.8 Å². The van der Waals surface area contributed by atoms with Crippen molar-refractivity contribution in [2.45, 2.75) is 18.3 Å². The lowest BCUT2D eigenvalue weighted by atomic mass is 9.67. The second kappa shape index (κ2) is 3.77. The molecule has 2 aromatic rings. The Labute approximate surface area is 104 Å². The molecule has 0 atom stereocenters. The fraction of sp³-hybridized carbons (Fsp3) is 0.231. The smallest absolute Gasteiger partial charge is 0.136 e. The molecular weight excluding hydrogens is 228 g/mol. The first kappa shape index (κ1) is 10.7. The van der Waals surface area contributed by atoms with E-state index in [0.29, 0.717) is 5.69 Å². The van der Waals surface area contributed by atoms with Gasteiger partial charge in [-0.1, -0.05) is 23.4 Å². The number of carbonyl (C=O) groups is 1. The summed E-state index contributed by atoms with van der Waals surface area (Å²) in [5.74, 6) is 0.103. The van der Waals surface area contributed by atoms with Crippen LogP contribution < -0.4 is 0 Å². The normalized spacial score (nSPS) is 16.9. The molecule has 0 spiro atoms. The molecule has 1 aliphatic carbocycles. The van der Waals surface area contributed by atoms with Crippen molar-refractivity contribution in [3.8, 4) is 11.8 Å².